The molecule has 0 aromatic carbocycles. The van der Waals surface area contributed by atoms with Crippen molar-refractivity contribution in [3.63, 3.8) is 0 Å². The quantitative estimate of drug-likeness (QED) is 0.621. The molecular weight excluding hydrogens is 268 g/mol. The minimum atomic E-state index is 0.350. The van der Waals surface area contributed by atoms with Crippen LogP contribution in [0.5, 0.6) is 0 Å². The first-order chi connectivity index (χ1) is 10.5. The van der Waals surface area contributed by atoms with Crippen LogP contribution in [-0.2, 0) is 4.79 Å². The number of hydrogen-bond acceptors (Lipinski definition) is 1. The number of carbonyl (C=O) groups excluding carboxylic acids is 1. The maximum atomic E-state index is 11.9. The van der Waals surface area contributed by atoms with E-state index >= 15 is 0 Å². The van der Waals surface area contributed by atoms with Crippen LogP contribution >= 0.6 is 0 Å². The van der Waals surface area contributed by atoms with Crippen molar-refractivity contribution in [2.75, 3.05) is 0 Å². The van der Waals surface area contributed by atoms with E-state index in [2.05, 4.69) is 20.8 Å². The van der Waals surface area contributed by atoms with Crippen LogP contribution in [0, 0.1) is 34.5 Å². The molecular formula is C21H32O. The van der Waals surface area contributed by atoms with Gasteiger partial charge in [-0.25, -0.2) is 0 Å². The highest BCUT2D eigenvalue weighted by atomic mass is 16.1. The standard InChI is InChI=1S/C21H32O/c1-4-14-6-8-18-17-7-5-15-13-16(22)9-11-21(15,3)19(17)10-12-20(14,18)2/h13-14,17-19H,4-12H2,1-3H3. The van der Waals surface area contributed by atoms with Crippen molar-refractivity contribution in [1.82, 2.24) is 0 Å². The third-order valence-corrected chi connectivity index (χ3v) is 8.65. The zero-order valence-electron chi connectivity index (χ0n) is 14.7. The molecule has 0 spiro atoms. The molecule has 22 heavy (non-hydrogen) atoms. The SMILES string of the molecule is CCC1CCC2C3CCC4=CC(=O)CCC4(C)C3CCC12C. The first-order valence-electron chi connectivity index (χ1n) is 9.73. The number of fused-ring (bicyclic) bond motifs is 5. The van der Waals surface area contributed by atoms with Crippen LogP contribution in [0.15, 0.2) is 11.6 Å². The predicted molar refractivity (Wildman–Crippen MR) is 90.5 cm³/mol. The molecule has 0 saturated heterocycles. The number of ketones is 1. The lowest BCUT2D eigenvalue weighted by atomic mass is 9.47. The Morgan fingerprint density at radius 3 is 2.64 bits per heavy atom. The van der Waals surface area contributed by atoms with Crippen LogP contribution in [0.25, 0.3) is 0 Å². The molecule has 0 N–H and O–H groups in total. The van der Waals surface area contributed by atoms with Gasteiger partial charge >= 0.3 is 0 Å². The van der Waals surface area contributed by atoms with Gasteiger partial charge < -0.3 is 0 Å². The van der Waals surface area contributed by atoms with Gasteiger partial charge in [0.2, 0.25) is 0 Å². The topological polar surface area (TPSA) is 17.1 Å². The molecule has 0 aromatic rings. The fraction of sp³-hybridized carbons (Fsp3) is 0.857. The first-order valence-corrected chi connectivity index (χ1v) is 9.73. The summed E-state index contributed by atoms with van der Waals surface area (Å²) in [7, 11) is 0. The Labute approximate surface area is 135 Å². The molecule has 0 radical (unpaired) electrons. The van der Waals surface area contributed by atoms with Gasteiger partial charge in [-0.3, -0.25) is 4.79 Å². The van der Waals surface area contributed by atoms with Gasteiger partial charge in [0.25, 0.3) is 0 Å². The van der Waals surface area contributed by atoms with Gasteiger partial charge in [-0.05, 0) is 85.5 Å². The molecule has 3 fully saturated rings. The average Bonchev–Trinajstić information content (AvgIpc) is 2.84. The lowest BCUT2D eigenvalue weighted by molar-refractivity contribution is -0.117. The molecule has 6 atom stereocenters. The second kappa shape index (κ2) is 4.95. The number of hydrogen-bond donors (Lipinski definition) is 0. The summed E-state index contributed by atoms with van der Waals surface area (Å²) in [6, 6.07) is 0. The van der Waals surface area contributed by atoms with Crippen molar-refractivity contribution < 1.29 is 4.79 Å². The van der Waals surface area contributed by atoms with Gasteiger partial charge in [-0.1, -0.05) is 32.8 Å². The van der Waals surface area contributed by atoms with E-state index in [0.717, 1.165) is 36.5 Å². The summed E-state index contributed by atoms with van der Waals surface area (Å²) in [6.07, 6.45) is 13.7. The summed E-state index contributed by atoms with van der Waals surface area (Å²) in [5.74, 6) is 4.11. The Balaban J connectivity index is 1.67. The zero-order valence-corrected chi connectivity index (χ0v) is 14.7. The molecule has 3 saturated carbocycles. The molecule has 4 rings (SSSR count). The predicted octanol–water partition coefficient (Wildman–Crippen LogP) is 5.54. The molecule has 1 heteroatoms. The fourth-order valence-corrected chi connectivity index (χ4v) is 7.34. The van der Waals surface area contributed by atoms with E-state index in [4.69, 9.17) is 0 Å². The Hall–Kier alpha value is -0.590. The van der Waals surface area contributed by atoms with Gasteiger partial charge in [0.1, 0.15) is 0 Å². The minimum Gasteiger partial charge on any atom is -0.295 e. The minimum absolute atomic E-state index is 0.350. The van der Waals surface area contributed by atoms with E-state index < -0.39 is 0 Å². The van der Waals surface area contributed by atoms with Crippen LogP contribution in [0.3, 0.4) is 0 Å². The summed E-state index contributed by atoms with van der Waals surface area (Å²) < 4.78 is 0. The summed E-state index contributed by atoms with van der Waals surface area (Å²) in [5, 5.41) is 0. The zero-order chi connectivity index (χ0) is 15.5. The highest BCUT2D eigenvalue weighted by Gasteiger charge is 2.58. The molecule has 0 heterocycles. The third kappa shape index (κ3) is 1.86. The van der Waals surface area contributed by atoms with Crippen LogP contribution in [0.1, 0.15) is 78.6 Å². The molecule has 1 nitrogen and oxygen atoms in total. The van der Waals surface area contributed by atoms with Crippen molar-refractivity contribution in [1.29, 1.82) is 0 Å². The van der Waals surface area contributed by atoms with E-state index in [9.17, 15) is 4.79 Å². The maximum absolute atomic E-state index is 11.9. The van der Waals surface area contributed by atoms with Crippen molar-refractivity contribution in [3.8, 4) is 0 Å². The highest BCUT2D eigenvalue weighted by Crippen LogP contribution is 2.66. The van der Waals surface area contributed by atoms with Crippen LogP contribution in [0.2, 0.25) is 0 Å². The summed E-state index contributed by atoms with van der Waals surface area (Å²) >= 11 is 0. The number of carbonyl (C=O) groups is 1. The summed E-state index contributed by atoms with van der Waals surface area (Å²) in [6.45, 7) is 7.52. The van der Waals surface area contributed by atoms with Gasteiger partial charge in [0.05, 0.1) is 0 Å². The van der Waals surface area contributed by atoms with Crippen LogP contribution < -0.4 is 0 Å². The van der Waals surface area contributed by atoms with Gasteiger partial charge in [-0.2, -0.15) is 0 Å². The highest BCUT2D eigenvalue weighted by molar-refractivity contribution is 5.91. The molecule has 0 amide bonds. The Kier molecular flexibility index (Phi) is 3.37. The monoisotopic (exact) mass is 300 g/mol. The molecule has 6 unspecified atom stereocenters. The molecule has 0 bridgehead atoms. The van der Waals surface area contributed by atoms with Crippen molar-refractivity contribution in [3.05, 3.63) is 11.6 Å². The van der Waals surface area contributed by atoms with Crippen LogP contribution in [-0.4, -0.2) is 5.78 Å². The second-order valence-corrected chi connectivity index (χ2v) is 9.20. The second-order valence-electron chi connectivity index (χ2n) is 9.20. The van der Waals surface area contributed by atoms with E-state index in [1.165, 1.54) is 50.5 Å². The largest absolute Gasteiger partial charge is 0.295 e. The number of allylic oxidation sites excluding steroid dienone is 1. The van der Waals surface area contributed by atoms with E-state index in [0.29, 0.717) is 16.6 Å². The van der Waals surface area contributed by atoms with Crippen molar-refractivity contribution in [2.45, 2.75) is 78.6 Å². The lowest BCUT2D eigenvalue weighted by Gasteiger charge is -2.58. The average molecular weight is 300 g/mol. The fourth-order valence-electron chi connectivity index (χ4n) is 7.34. The van der Waals surface area contributed by atoms with E-state index in [1.807, 2.05) is 6.08 Å². The Bertz CT molecular complexity index is 518. The van der Waals surface area contributed by atoms with Crippen LogP contribution in [0.4, 0.5) is 0 Å². The molecule has 122 valence electrons. The summed E-state index contributed by atoms with van der Waals surface area (Å²) in [5.41, 5.74) is 2.49. The maximum Gasteiger partial charge on any atom is 0.155 e. The number of rotatable bonds is 1. The normalized spacial score (nSPS) is 50.9. The smallest absolute Gasteiger partial charge is 0.155 e. The first kappa shape index (κ1) is 15.0. The lowest BCUT2D eigenvalue weighted by Crippen LogP contribution is -2.50. The molecule has 0 aromatic heterocycles. The van der Waals surface area contributed by atoms with Gasteiger partial charge in [-0.15, -0.1) is 0 Å². The van der Waals surface area contributed by atoms with E-state index in [-0.39, 0.29) is 0 Å². The summed E-state index contributed by atoms with van der Waals surface area (Å²) in [4.78, 5) is 11.9. The van der Waals surface area contributed by atoms with E-state index in [1.54, 1.807) is 0 Å². The molecule has 4 aliphatic rings. The Morgan fingerprint density at radius 2 is 1.86 bits per heavy atom. The van der Waals surface area contributed by atoms with Crippen molar-refractivity contribution in [2.24, 2.45) is 34.5 Å². The molecule has 4 aliphatic carbocycles. The Morgan fingerprint density at radius 1 is 1.05 bits per heavy atom. The third-order valence-electron chi connectivity index (χ3n) is 8.65. The van der Waals surface area contributed by atoms with Crippen molar-refractivity contribution >= 4 is 5.78 Å². The molecule has 0 aliphatic heterocycles. The van der Waals surface area contributed by atoms with Gasteiger partial charge in [0, 0.05) is 6.42 Å². The van der Waals surface area contributed by atoms with Gasteiger partial charge in [0.15, 0.2) is 5.78 Å².